The van der Waals surface area contributed by atoms with Crippen LogP contribution >= 0.6 is 11.3 Å². The molecule has 1 aliphatic rings. The number of fused-ring (bicyclic) bond motifs is 1. The minimum Gasteiger partial charge on any atom is -0.279 e. The van der Waals surface area contributed by atoms with E-state index in [0.717, 1.165) is 59.0 Å². The second kappa shape index (κ2) is 10.9. The fraction of sp³-hybridized carbons (Fsp3) is 0.345. The molecule has 1 saturated carbocycles. The maximum Gasteiger partial charge on any atom is 0.260 e. The number of carbonyl (C=O) groups is 1. The summed E-state index contributed by atoms with van der Waals surface area (Å²) in [4.78, 5) is 24.7. The van der Waals surface area contributed by atoms with Crippen LogP contribution in [0.2, 0.25) is 0 Å². The molecule has 2 aromatic heterocycles. The summed E-state index contributed by atoms with van der Waals surface area (Å²) in [5, 5.41) is 0.594. The Balaban J connectivity index is 1.46. The molecule has 2 heterocycles. The molecule has 0 spiro atoms. The van der Waals surface area contributed by atoms with Crippen molar-refractivity contribution in [2.24, 2.45) is 0 Å². The first-order valence-corrected chi connectivity index (χ1v) is 15.2. The average Bonchev–Trinajstić information content (AvgIpc) is 3.36. The molecule has 38 heavy (non-hydrogen) atoms. The Morgan fingerprint density at radius 2 is 1.79 bits per heavy atom. The first kappa shape index (κ1) is 26.5. The highest BCUT2D eigenvalue weighted by atomic mass is 32.2. The van der Waals surface area contributed by atoms with Crippen LogP contribution in [0, 0.1) is 13.8 Å². The third-order valence-corrected chi connectivity index (χ3v) is 10.4. The van der Waals surface area contributed by atoms with Crippen molar-refractivity contribution in [1.29, 1.82) is 0 Å². The van der Waals surface area contributed by atoms with Crippen molar-refractivity contribution in [2.45, 2.75) is 63.4 Å². The molecule has 9 heteroatoms. The van der Waals surface area contributed by atoms with Gasteiger partial charge in [-0.3, -0.25) is 14.7 Å². The molecule has 0 unspecified atom stereocenters. The Bertz CT molecular complexity index is 1540. The molecule has 0 saturated heterocycles. The average molecular weight is 549 g/mol. The standard InChI is InChI=1S/C29H32N4O3S2/c1-20-16-21(2)27-26(17-20)31-29(37-27)33(19-22-8-7-15-30-18-22)28(34)23-11-13-25(14-12-23)38(35,36)32(3)24-9-5-4-6-10-24/h7-8,11-18,24H,4-6,9-10,19H2,1-3H3. The van der Waals surface area contributed by atoms with Gasteiger partial charge in [-0.25, -0.2) is 13.4 Å². The summed E-state index contributed by atoms with van der Waals surface area (Å²) in [7, 11) is -1.97. The predicted molar refractivity (Wildman–Crippen MR) is 152 cm³/mol. The predicted octanol–water partition coefficient (Wildman–Crippen LogP) is 6.11. The molecule has 0 bridgehead atoms. The van der Waals surface area contributed by atoms with Crippen LogP contribution in [0.25, 0.3) is 10.2 Å². The fourth-order valence-corrected chi connectivity index (χ4v) is 7.54. The molecule has 1 aliphatic carbocycles. The van der Waals surface area contributed by atoms with Gasteiger partial charge in [-0.15, -0.1) is 0 Å². The van der Waals surface area contributed by atoms with Gasteiger partial charge in [0, 0.05) is 31.0 Å². The molecule has 0 N–H and O–H groups in total. The van der Waals surface area contributed by atoms with E-state index in [1.807, 2.05) is 32.0 Å². The van der Waals surface area contributed by atoms with Crippen LogP contribution in [0.3, 0.4) is 0 Å². The van der Waals surface area contributed by atoms with E-state index >= 15 is 0 Å². The third kappa shape index (κ3) is 5.36. The van der Waals surface area contributed by atoms with Gasteiger partial charge in [-0.2, -0.15) is 4.31 Å². The van der Waals surface area contributed by atoms with E-state index in [1.54, 1.807) is 36.5 Å². The van der Waals surface area contributed by atoms with Crippen LogP contribution < -0.4 is 4.90 Å². The Morgan fingerprint density at radius 3 is 2.47 bits per heavy atom. The molecule has 5 rings (SSSR count). The minimum absolute atomic E-state index is 0.0242. The maximum atomic E-state index is 13.8. The number of hydrogen-bond acceptors (Lipinski definition) is 6. The highest BCUT2D eigenvalue weighted by Crippen LogP contribution is 2.34. The van der Waals surface area contributed by atoms with Gasteiger partial charge in [0.1, 0.15) is 0 Å². The first-order chi connectivity index (χ1) is 18.2. The lowest BCUT2D eigenvalue weighted by Crippen LogP contribution is -2.38. The van der Waals surface area contributed by atoms with Gasteiger partial charge < -0.3 is 0 Å². The highest BCUT2D eigenvalue weighted by Gasteiger charge is 2.29. The zero-order chi connectivity index (χ0) is 26.9. The largest absolute Gasteiger partial charge is 0.279 e. The number of rotatable bonds is 7. The number of anilines is 1. The summed E-state index contributed by atoms with van der Waals surface area (Å²) in [5.41, 5.74) is 4.38. The van der Waals surface area contributed by atoms with Crippen LogP contribution in [0.4, 0.5) is 5.13 Å². The Hall–Kier alpha value is -3.14. The molecule has 0 radical (unpaired) electrons. The van der Waals surface area contributed by atoms with E-state index in [-0.39, 0.29) is 16.8 Å². The summed E-state index contributed by atoms with van der Waals surface area (Å²) in [6, 6.07) is 14.2. The number of amides is 1. The molecule has 2 aromatic carbocycles. The second-order valence-electron chi connectivity index (χ2n) is 10.0. The topological polar surface area (TPSA) is 83.5 Å². The molecule has 1 fully saturated rings. The first-order valence-electron chi connectivity index (χ1n) is 12.9. The fourth-order valence-electron chi connectivity index (χ4n) is 5.11. The van der Waals surface area contributed by atoms with E-state index < -0.39 is 10.0 Å². The number of hydrogen-bond donors (Lipinski definition) is 0. The Morgan fingerprint density at radius 1 is 1.05 bits per heavy atom. The van der Waals surface area contributed by atoms with E-state index in [0.29, 0.717) is 17.2 Å². The van der Waals surface area contributed by atoms with Crippen molar-refractivity contribution in [3.63, 3.8) is 0 Å². The molecule has 0 atom stereocenters. The smallest absolute Gasteiger partial charge is 0.260 e. The summed E-state index contributed by atoms with van der Waals surface area (Å²) < 4.78 is 29.1. The van der Waals surface area contributed by atoms with Crippen LogP contribution in [-0.4, -0.2) is 41.7 Å². The van der Waals surface area contributed by atoms with E-state index in [1.165, 1.54) is 27.8 Å². The van der Waals surface area contributed by atoms with Crippen molar-refractivity contribution >= 4 is 42.6 Å². The van der Waals surface area contributed by atoms with Gasteiger partial charge >= 0.3 is 0 Å². The van der Waals surface area contributed by atoms with E-state index in [4.69, 9.17) is 4.98 Å². The summed E-state index contributed by atoms with van der Waals surface area (Å²) in [6.45, 7) is 4.38. The zero-order valence-electron chi connectivity index (χ0n) is 21.9. The van der Waals surface area contributed by atoms with Gasteiger partial charge in [0.05, 0.1) is 21.7 Å². The number of aromatic nitrogens is 2. The Kier molecular flexibility index (Phi) is 7.61. The highest BCUT2D eigenvalue weighted by molar-refractivity contribution is 7.89. The van der Waals surface area contributed by atoms with Gasteiger partial charge in [-0.05, 0) is 79.8 Å². The molecular weight excluding hydrogens is 516 g/mol. The van der Waals surface area contributed by atoms with Gasteiger partial charge in [0.25, 0.3) is 5.91 Å². The van der Waals surface area contributed by atoms with Gasteiger partial charge in [0.2, 0.25) is 10.0 Å². The Labute approximate surface area is 228 Å². The third-order valence-electron chi connectivity index (χ3n) is 7.22. The monoisotopic (exact) mass is 548 g/mol. The van der Waals surface area contributed by atoms with Gasteiger partial charge in [-0.1, -0.05) is 42.7 Å². The van der Waals surface area contributed by atoms with Crippen molar-refractivity contribution < 1.29 is 13.2 Å². The second-order valence-corrected chi connectivity index (χ2v) is 13.0. The molecule has 1 amide bonds. The van der Waals surface area contributed by atoms with E-state index in [9.17, 15) is 13.2 Å². The van der Waals surface area contributed by atoms with Crippen molar-refractivity contribution in [1.82, 2.24) is 14.3 Å². The van der Waals surface area contributed by atoms with Crippen LogP contribution in [0.5, 0.6) is 0 Å². The number of benzene rings is 2. The van der Waals surface area contributed by atoms with Crippen LogP contribution in [0.15, 0.2) is 65.8 Å². The number of sulfonamides is 1. The SMILES string of the molecule is Cc1cc(C)c2sc(N(Cc3cccnc3)C(=O)c3ccc(S(=O)(=O)N(C)C4CCCCC4)cc3)nc2c1. The van der Waals surface area contributed by atoms with E-state index in [2.05, 4.69) is 11.1 Å². The molecule has 0 aliphatic heterocycles. The van der Waals surface area contributed by atoms with Crippen LogP contribution in [0.1, 0.15) is 59.2 Å². The number of nitrogens with zero attached hydrogens (tertiary/aromatic N) is 4. The van der Waals surface area contributed by atoms with Crippen molar-refractivity contribution in [2.75, 3.05) is 11.9 Å². The minimum atomic E-state index is -3.64. The normalized spacial score (nSPS) is 14.7. The lowest BCUT2D eigenvalue weighted by atomic mass is 9.96. The van der Waals surface area contributed by atoms with Gasteiger partial charge in [0.15, 0.2) is 5.13 Å². The number of carbonyl (C=O) groups excluding carboxylic acids is 1. The molecule has 4 aromatic rings. The number of aryl methyl sites for hydroxylation is 2. The van der Waals surface area contributed by atoms with Crippen molar-refractivity contribution in [3.05, 3.63) is 83.2 Å². The zero-order valence-corrected chi connectivity index (χ0v) is 23.6. The number of pyridine rings is 1. The molecule has 7 nitrogen and oxygen atoms in total. The molecule has 198 valence electrons. The molecular formula is C29H32N4O3S2. The summed E-state index contributed by atoms with van der Waals surface area (Å²) in [5.74, 6) is -0.244. The summed E-state index contributed by atoms with van der Waals surface area (Å²) in [6.07, 6.45) is 8.46. The lowest BCUT2D eigenvalue weighted by Gasteiger charge is -2.30. The summed E-state index contributed by atoms with van der Waals surface area (Å²) >= 11 is 1.48. The maximum absolute atomic E-state index is 13.8. The quantitative estimate of drug-likeness (QED) is 0.278. The lowest BCUT2D eigenvalue weighted by molar-refractivity contribution is 0.0985. The van der Waals surface area contributed by atoms with Crippen LogP contribution in [-0.2, 0) is 16.6 Å². The van der Waals surface area contributed by atoms with Crippen molar-refractivity contribution in [3.8, 4) is 0 Å². The number of thiazole rings is 1.